The molecule has 0 unspecified atom stereocenters. The third kappa shape index (κ3) is 0.664. The van der Waals surface area contributed by atoms with Gasteiger partial charge in [0.25, 0.3) is 0 Å². The molecule has 0 spiro atoms. The molecule has 0 saturated heterocycles. The summed E-state index contributed by atoms with van der Waals surface area (Å²) < 4.78 is 0. The van der Waals surface area contributed by atoms with Crippen molar-refractivity contribution < 1.29 is 4.79 Å². The van der Waals surface area contributed by atoms with E-state index in [1.54, 1.807) is 6.92 Å². The molecule has 2 aliphatic rings. The molecular formula is C9H14O. The number of Topliss-reactive ketones (excluding diaryl/α,β-unsaturated/α-hetero) is 1. The van der Waals surface area contributed by atoms with Crippen LogP contribution in [0.25, 0.3) is 0 Å². The fourth-order valence-corrected chi connectivity index (χ4v) is 2.69. The molecule has 0 amide bonds. The van der Waals surface area contributed by atoms with Crippen molar-refractivity contribution in [3.8, 4) is 0 Å². The van der Waals surface area contributed by atoms with Crippen molar-refractivity contribution in [2.24, 2.45) is 11.3 Å². The minimum Gasteiger partial charge on any atom is -0.299 e. The van der Waals surface area contributed by atoms with Crippen LogP contribution >= 0.6 is 0 Å². The van der Waals surface area contributed by atoms with Gasteiger partial charge in [0.2, 0.25) is 0 Å². The topological polar surface area (TPSA) is 17.1 Å². The van der Waals surface area contributed by atoms with Crippen molar-refractivity contribution in [3.05, 3.63) is 0 Å². The molecule has 2 aliphatic carbocycles. The second-order valence-corrected chi connectivity index (χ2v) is 3.98. The Balaban J connectivity index is 2.23. The number of carbonyl (C=O) groups is 1. The summed E-state index contributed by atoms with van der Waals surface area (Å²) in [4.78, 5) is 11.2. The first-order chi connectivity index (χ1) is 4.73. The van der Waals surface area contributed by atoms with E-state index in [9.17, 15) is 4.79 Å². The van der Waals surface area contributed by atoms with Gasteiger partial charge in [0.1, 0.15) is 5.78 Å². The Hall–Kier alpha value is -0.330. The van der Waals surface area contributed by atoms with E-state index in [4.69, 9.17) is 0 Å². The molecule has 0 atom stereocenters. The Morgan fingerprint density at radius 2 is 2.00 bits per heavy atom. The van der Waals surface area contributed by atoms with Crippen molar-refractivity contribution in [3.63, 3.8) is 0 Å². The fraction of sp³-hybridized carbons (Fsp3) is 0.889. The van der Waals surface area contributed by atoms with E-state index in [1.165, 1.54) is 32.1 Å². The summed E-state index contributed by atoms with van der Waals surface area (Å²) in [6, 6.07) is 0. The van der Waals surface area contributed by atoms with Crippen molar-refractivity contribution >= 4 is 5.78 Å². The first kappa shape index (κ1) is 6.38. The van der Waals surface area contributed by atoms with Crippen molar-refractivity contribution in [1.82, 2.24) is 0 Å². The molecule has 0 aliphatic heterocycles. The van der Waals surface area contributed by atoms with E-state index in [2.05, 4.69) is 0 Å². The first-order valence-electron chi connectivity index (χ1n) is 4.24. The van der Waals surface area contributed by atoms with Gasteiger partial charge in [-0.05, 0) is 44.9 Å². The van der Waals surface area contributed by atoms with Crippen LogP contribution in [0, 0.1) is 11.3 Å². The van der Waals surface area contributed by atoms with E-state index < -0.39 is 0 Å². The number of fused-ring (bicyclic) bond motifs is 2. The Bertz CT molecular complexity index is 164. The minimum atomic E-state index is 0.171. The van der Waals surface area contributed by atoms with Gasteiger partial charge < -0.3 is 0 Å². The number of hydrogen-bond acceptors (Lipinski definition) is 1. The monoisotopic (exact) mass is 138 g/mol. The Morgan fingerprint density at radius 1 is 1.40 bits per heavy atom. The predicted octanol–water partition coefficient (Wildman–Crippen LogP) is 2.16. The van der Waals surface area contributed by atoms with Crippen LogP contribution in [0.3, 0.4) is 0 Å². The minimum absolute atomic E-state index is 0.171. The van der Waals surface area contributed by atoms with Gasteiger partial charge in [0, 0.05) is 5.41 Å². The zero-order chi connectivity index (χ0) is 7.19. The predicted molar refractivity (Wildman–Crippen MR) is 39.7 cm³/mol. The quantitative estimate of drug-likeness (QED) is 0.542. The summed E-state index contributed by atoms with van der Waals surface area (Å²) in [6.45, 7) is 1.77. The molecule has 2 bridgehead atoms. The molecule has 1 nitrogen and oxygen atoms in total. The van der Waals surface area contributed by atoms with Gasteiger partial charge in [-0.15, -0.1) is 0 Å². The molecule has 2 saturated carbocycles. The van der Waals surface area contributed by atoms with Gasteiger partial charge >= 0.3 is 0 Å². The van der Waals surface area contributed by atoms with Crippen molar-refractivity contribution in [1.29, 1.82) is 0 Å². The standard InChI is InChI=1S/C9H14O/c1-7(10)9-4-2-8(6-9)3-5-9/h8H,2-6H2,1H3. The summed E-state index contributed by atoms with van der Waals surface area (Å²) in [5.74, 6) is 1.36. The molecule has 0 aromatic carbocycles. The van der Waals surface area contributed by atoms with Crippen molar-refractivity contribution in [2.75, 3.05) is 0 Å². The highest BCUT2D eigenvalue weighted by molar-refractivity contribution is 5.83. The second kappa shape index (κ2) is 1.84. The third-order valence-corrected chi connectivity index (χ3v) is 3.49. The van der Waals surface area contributed by atoms with Crippen LogP contribution in [0.5, 0.6) is 0 Å². The average Bonchev–Trinajstić information content (AvgIpc) is 2.45. The maximum absolute atomic E-state index is 11.2. The normalized spacial score (nSPS) is 44.3. The molecule has 0 radical (unpaired) electrons. The Labute approximate surface area is 61.8 Å². The third-order valence-electron chi connectivity index (χ3n) is 3.49. The van der Waals surface area contributed by atoms with Crippen LogP contribution in [0.4, 0.5) is 0 Å². The maximum Gasteiger partial charge on any atom is 0.135 e. The van der Waals surface area contributed by atoms with Crippen LogP contribution in [0.15, 0.2) is 0 Å². The molecule has 10 heavy (non-hydrogen) atoms. The first-order valence-corrected chi connectivity index (χ1v) is 4.24. The van der Waals surface area contributed by atoms with Crippen LogP contribution < -0.4 is 0 Å². The average molecular weight is 138 g/mol. The Kier molecular flexibility index (Phi) is 1.17. The van der Waals surface area contributed by atoms with Gasteiger partial charge in [-0.25, -0.2) is 0 Å². The molecule has 56 valence electrons. The second-order valence-electron chi connectivity index (χ2n) is 3.98. The van der Waals surface area contributed by atoms with Gasteiger partial charge in [-0.1, -0.05) is 0 Å². The number of ketones is 1. The lowest BCUT2D eigenvalue weighted by Crippen LogP contribution is -2.23. The number of hydrogen-bond donors (Lipinski definition) is 0. The van der Waals surface area contributed by atoms with Crippen LogP contribution in [-0.4, -0.2) is 5.78 Å². The van der Waals surface area contributed by atoms with Gasteiger partial charge in [-0.2, -0.15) is 0 Å². The molecule has 2 rings (SSSR count). The number of rotatable bonds is 1. The molecular weight excluding hydrogens is 124 g/mol. The van der Waals surface area contributed by atoms with E-state index in [0.717, 1.165) is 5.92 Å². The van der Waals surface area contributed by atoms with Gasteiger partial charge in [-0.3, -0.25) is 4.79 Å². The zero-order valence-corrected chi connectivity index (χ0v) is 6.52. The maximum atomic E-state index is 11.2. The summed E-state index contributed by atoms with van der Waals surface area (Å²) >= 11 is 0. The summed E-state index contributed by atoms with van der Waals surface area (Å²) in [6.07, 6.45) is 6.22. The summed E-state index contributed by atoms with van der Waals surface area (Å²) in [5, 5.41) is 0. The highest BCUT2D eigenvalue weighted by atomic mass is 16.1. The highest BCUT2D eigenvalue weighted by Gasteiger charge is 2.47. The van der Waals surface area contributed by atoms with Crippen molar-refractivity contribution in [2.45, 2.75) is 39.0 Å². The lowest BCUT2D eigenvalue weighted by Gasteiger charge is -2.22. The van der Waals surface area contributed by atoms with E-state index in [-0.39, 0.29) is 5.41 Å². The SMILES string of the molecule is CC(=O)C12CCC(CC1)C2. The van der Waals surface area contributed by atoms with E-state index in [1.807, 2.05) is 0 Å². The largest absolute Gasteiger partial charge is 0.299 e. The zero-order valence-electron chi connectivity index (χ0n) is 6.52. The molecule has 0 aromatic heterocycles. The van der Waals surface area contributed by atoms with Crippen LogP contribution in [0.1, 0.15) is 39.0 Å². The fourth-order valence-electron chi connectivity index (χ4n) is 2.69. The Morgan fingerprint density at radius 3 is 2.20 bits per heavy atom. The highest BCUT2D eigenvalue weighted by Crippen LogP contribution is 2.54. The number of carbonyl (C=O) groups excluding carboxylic acids is 1. The molecule has 0 N–H and O–H groups in total. The van der Waals surface area contributed by atoms with Gasteiger partial charge in [0.05, 0.1) is 0 Å². The van der Waals surface area contributed by atoms with Crippen LogP contribution in [-0.2, 0) is 4.79 Å². The molecule has 0 aromatic rings. The lowest BCUT2D eigenvalue weighted by atomic mass is 9.81. The smallest absolute Gasteiger partial charge is 0.135 e. The summed E-state index contributed by atoms with van der Waals surface area (Å²) in [5.41, 5.74) is 0.171. The molecule has 0 heterocycles. The van der Waals surface area contributed by atoms with Crippen LogP contribution in [0.2, 0.25) is 0 Å². The van der Waals surface area contributed by atoms with Gasteiger partial charge in [0.15, 0.2) is 0 Å². The molecule has 2 fully saturated rings. The van der Waals surface area contributed by atoms with E-state index in [0.29, 0.717) is 5.78 Å². The summed E-state index contributed by atoms with van der Waals surface area (Å²) in [7, 11) is 0. The lowest BCUT2D eigenvalue weighted by molar-refractivity contribution is -0.126. The van der Waals surface area contributed by atoms with E-state index >= 15 is 0 Å². The molecule has 1 heteroatoms.